The van der Waals surface area contributed by atoms with Crippen molar-refractivity contribution in [3.8, 4) is 0 Å². The van der Waals surface area contributed by atoms with Gasteiger partial charge < -0.3 is 25.7 Å². The van der Waals surface area contributed by atoms with Crippen LogP contribution in [0.4, 0.5) is 38.9 Å². The van der Waals surface area contributed by atoms with E-state index in [1.165, 1.54) is 63.6 Å². The predicted octanol–water partition coefficient (Wildman–Crippen LogP) is 12.1. The van der Waals surface area contributed by atoms with Gasteiger partial charge in [0.2, 0.25) is 47.9 Å². The molecule has 1 unspecified atom stereocenters. The van der Waals surface area contributed by atoms with Gasteiger partial charge in [0, 0.05) is 114 Å². The molecule has 0 radical (unpaired) electrons. The zero-order chi connectivity index (χ0) is 85.7. The second-order valence-corrected chi connectivity index (χ2v) is 39.4. The highest BCUT2D eigenvalue weighted by atomic mass is 32.2. The Bertz CT molecular complexity index is 4500. The van der Waals surface area contributed by atoms with E-state index in [1.807, 2.05) is 108 Å². The smallest absolute Gasteiger partial charge is 0.414 e. The van der Waals surface area contributed by atoms with Crippen LogP contribution in [0, 0.1) is 24.4 Å². The van der Waals surface area contributed by atoms with Crippen LogP contribution in [-0.4, -0.2) is 180 Å². The molecule has 612 valence electrons. The fourth-order valence-corrected chi connectivity index (χ4v) is 22.2. The minimum atomic E-state index is -4.17. The van der Waals surface area contributed by atoms with Crippen LogP contribution in [0.25, 0.3) is 0 Å². The van der Waals surface area contributed by atoms with Gasteiger partial charge in [-0.2, -0.15) is 0 Å². The van der Waals surface area contributed by atoms with Crippen LogP contribution >= 0.6 is 0 Å². The Balaban J connectivity index is 0.000000234. The summed E-state index contributed by atoms with van der Waals surface area (Å²) in [5.41, 5.74) is 9.61. The fraction of sp³-hybridized carbons (Fsp3) is 0.475. The maximum atomic E-state index is 15.4. The molecule has 0 aliphatic carbocycles. The molecule has 3 fully saturated rings. The average Bonchev–Trinajstić information content (AvgIpc) is 1.35. The monoisotopic (exact) mass is 1620 g/mol. The number of halogens is 3. The molecule has 112 heavy (non-hydrogen) atoms. The second kappa shape index (κ2) is 31.9. The largest absolute Gasteiger partial charge is 0.444 e. The van der Waals surface area contributed by atoms with Crippen molar-refractivity contribution in [1.29, 1.82) is 0 Å². The van der Waals surface area contributed by atoms with E-state index in [2.05, 4.69) is 20.9 Å². The lowest BCUT2D eigenvalue weighted by Crippen LogP contribution is -2.66. The molecule has 0 aromatic heterocycles. The SMILES string of the molecule is C.CN1C(NC(=O)OC(C)(C)C)=N[C@](C)(c2cc(N)ccc2F)[C@@]2(CCN(Cc3ccccc3)C2)S1(=O)=O.CN1C(NC(=O)OC(C)(C)C)=N[C@](C)(c2cc(N)ccc2F)[C@]2(CCN(Cc3ccccc3)C2)S1(=O)=O.Cc1ccc(F)c([C@@]2(C)N=C(NC(=O)OC(C)(C)C)N(C)S(=O)(=O)C23CCN(Cc2ccccc2)C3)c1.[2H][2H].[2H][2H]. The number of ether oxygens (including phenoxy) is 3. The minimum absolute atomic E-state index is 0. The molecule has 26 nitrogen and oxygen atoms in total. The molecule has 3 saturated heterocycles. The molecule has 6 aliphatic heterocycles. The number of aliphatic imine (C=N–C) groups is 3. The quantitative estimate of drug-likeness (QED) is 0.0663. The highest BCUT2D eigenvalue weighted by Gasteiger charge is 2.69. The lowest BCUT2D eigenvalue weighted by atomic mass is 9.77. The summed E-state index contributed by atoms with van der Waals surface area (Å²) in [7, 11) is -8.43. The van der Waals surface area contributed by atoms with Gasteiger partial charge in [0.1, 0.15) is 65.1 Å². The van der Waals surface area contributed by atoms with Crippen LogP contribution in [0.1, 0.15) is 155 Å². The average molecular weight is 1620 g/mol. The van der Waals surface area contributed by atoms with E-state index in [4.69, 9.17) is 46.6 Å². The maximum absolute atomic E-state index is 15.4. The fourth-order valence-electron chi connectivity index (χ4n) is 15.6. The Hall–Kier alpha value is -9.34. The van der Waals surface area contributed by atoms with Crippen LogP contribution in [0.3, 0.4) is 0 Å². The molecule has 6 aliphatic rings. The Kier molecular flexibility index (Phi) is 23.8. The summed E-state index contributed by atoms with van der Waals surface area (Å²) >= 11 is 0. The summed E-state index contributed by atoms with van der Waals surface area (Å²) in [6.07, 6.45) is -1.90. The number of likely N-dealkylation sites (tertiary alicyclic amines) is 3. The van der Waals surface area contributed by atoms with Crippen molar-refractivity contribution in [2.24, 2.45) is 15.0 Å². The van der Waals surface area contributed by atoms with Gasteiger partial charge >= 0.3 is 18.3 Å². The number of nitrogens with one attached hydrogen (secondary N) is 3. The summed E-state index contributed by atoms with van der Waals surface area (Å²) in [4.78, 5) is 58.2. The van der Waals surface area contributed by atoms with Crippen molar-refractivity contribution in [2.45, 2.75) is 184 Å². The summed E-state index contributed by atoms with van der Waals surface area (Å²) in [5, 5.41) is 7.43. The number of anilines is 2. The van der Waals surface area contributed by atoms with Crippen molar-refractivity contribution < 1.29 is 73.0 Å². The number of hydrogen-bond donors (Lipinski definition) is 5. The number of nitrogens with two attached hydrogens (primary N) is 2. The van der Waals surface area contributed by atoms with E-state index < -0.39 is 113 Å². The zero-order valence-electron chi connectivity index (χ0n) is 69.8. The van der Waals surface area contributed by atoms with Gasteiger partial charge in [-0.1, -0.05) is 116 Å². The molecule has 6 aromatic carbocycles. The first kappa shape index (κ1) is 83.6. The molecule has 12 rings (SSSR count). The van der Waals surface area contributed by atoms with Crippen molar-refractivity contribution in [3.05, 3.63) is 202 Å². The van der Waals surface area contributed by atoms with Gasteiger partial charge in [0.05, 0.1) is 0 Å². The van der Waals surface area contributed by atoms with Crippen LogP contribution in [0.2, 0.25) is 0 Å². The minimum Gasteiger partial charge on any atom is -0.444 e. The number of guanidine groups is 3. The number of carbonyl (C=O) groups is 3. The van der Waals surface area contributed by atoms with Gasteiger partial charge in [0.25, 0.3) is 0 Å². The van der Waals surface area contributed by atoms with E-state index in [-0.39, 0.29) is 92.3 Å². The molecule has 0 saturated carbocycles. The third-order valence-electron chi connectivity index (χ3n) is 21.3. The van der Waals surface area contributed by atoms with Crippen LogP contribution in [0.5, 0.6) is 0 Å². The highest BCUT2D eigenvalue weighted by molar-refractivity contribution is 7.92. The number of rotatable bonds is 9. The molecule has 6 atom stereocenters. The van der Waals surface area contributed by atoms with E-state index in [9.17, 15) is 39.6 Å². The Morgan fingerprint density at radius 3 is 0.955 bits per heavy atom. The molecule has 6 heterocycles. The van der Waals surface area contributed by atoms with Crippen LogP contribution < -0.4 is 27.4 Å². The Labute approximate surface area is 663 Å². The van der Waals surface area contributed by atoms with Gasteiger partial charge in [-0.3, -0.25) is 30.7 Å². The molecule has 0 bridgehead atoms. The van der Waals surface area contributed by atoms with Crippen molar-refractivity contribution >= 4 is 77.6 Å². The van der Waals surface area contributed by atoms with Gasteiger partial charge in [-0.25, -0.2) is 80.7 Å². The van der Waals surface area contributed by atoms with E-state index >= 15 is 13.2 Å². The highest BCUT2D eigenvalue weighted by Crippen LogP contribution is 2.56. The first-order valence-electron chi connectivity index (χ1n) is 38.5. The number of sulfonamides is 3. The molecular formula is C80H111F3N14O12S3. The molecule has 3 amide bonds. The van der Waals surface area contributed by atoms with Gasteiger partial charge in [0.15, 0.2) is 0 Å². The number of nitrogens with zero attached hydrogens (tertiary/aromatic N) is 9. The zero-order valence-corrected chi connectivity index (χ0v) is 68.2. The summed E-state index contributed by atoms with van der Waals surface area (Å²) in [5.74, 6) is -2.49. The Morgan fingerprint density at radius 2 is 0.696 bits per heavy atom. The topological polar surface area (TPSA) is 326 Å². The second-order valence-electron chi connectivity index (χ2n) is 32.6. The molecular weight excluding hydrogens is 1500 g/mol. The summed E-state index contributed by atoms with van der Waals surface area (Å²) < 4.78 is 166. The predicted molar refractivity (Wildman–Crippen MR) is 433 cm³/mol. The number of benzene rings is 6. The number of nitrogen functional groups attached to an aromatic ring is 2. The first-order chi connectivity index (χ1) is 53.5. The summed E-state index contributed by atoms with van der Waals surface area (Å²) in [6, 6.07) is 42.0. The standard InChI is InChI=1S/C27H35FN4O4S.2C26H34FN5O4S.CH4.2H2/c1-19-12-13-22(28)21(16-19)26(5)27(14-15-32(18-27)17-20-10-8-7-9-11-20)37(34,35)31(6)23(30-26)29-24(33)36-25(2,3)4;2*1-24(2,3)36-23(33)29-22-30-25(4,20-15-19(28)11-12-21(20)27)26(37(34,35)31(22)5)13-14-32(17-26)16-18-9-7-6-8-10-18;;;/h7-13,16H,14-15,17-18H2,1-6H3,(H,29,30,33);2*6-12,15H,13-14,16-17,28H2,1-5H3,(H,29,30,33);1H4;2*1H/t26-,27?;25-,26+;25-,26-;;;/m111.../s1/i;;;;2*1+1D. The number of amides is 3. The molecule has 6 aromatic rings. The van der Waals surface area contributed by atoms with Crippen molar-refractivity contribution in [1.82, 2.24) is 43.6 Å². The lowest BCUT2D eigenvalue weighted by molar-refractivity contribution is 0.0545. The van der Waals surface area contributed by atoms with E-state index in [1.54, 1.807) is 95.2 Å². The first-order valence-corrected chi connectivity index (χ1v) is 40.8. The molecule has 3 spiro atoms. The van der Waals surface area contributed by atoms with Crippen molar-refractivity contribution in [3.63, 3.8) is 0 Å². The maximum Gasteiger partial charge on any atom is 0.414 e. The Morgan fingerprint density at radius 1 is 0.446 bits per heavy atom. The molecule has 32 heteroatoms. The van der Waals surface area contributed by atoms with E-state index in [0.29, 0.717) is 39.3 Å². The molecule has 7 N–H and O–H groups in total. The number of alkyl carbamates (subject to hydrolysis) is 3. The number of aryl methyl sites for hydroxylation is 1. The van der Waals surface area contributed by atoms with Crippen LogP contribution in [0.15, 0.2) is 161 Å². The summed E-state index contributed by atoms with van der Waals surface area (Å²) in [6.45, 7) is 25.4. The number of carbonyl (C=O) groups excluding carboxylic acids is 3. The van der Waals surface area contributed by atoms with Gasteiger partial charge in [-0.15, -0.1) is 0 Å². The van der Waals surface area contributed by atoms with E-state index in [0.717, 1.165) is 35.2 Å². The van der Waals surface area contributed by atoms with Gasteiger partial charge in [-0.05, 0) is 168 Å². The number of hydrogen-bond acceptors (Lipinski definition) is 20. The lowest BCUT2D eigenvalue weighted by Gasteiger charge is -2.49. The van der Waals surface area contributed by atoms with Crippen molar-refractivity contribution in [2.75, 3.05) is 71.9 Å². The third-order valence-corrected chi connectivity index (χ3v) is 29.1. The normalized spacial score (nSPS) is 25.6. The van der Waals surface area contributed by atoms with Crippen LogP contribution in [-0.2, 0) is 80.5 Å². The third kappa shape index (κ3) is 17.0.